The molecule has 1 aromatic heterocycles. The molecule has 0 radical (unpaired) electrons. The minimum absolute atomic E-state index is 0.0171. The summed E-state index contributed by atoms with van der Waals surface area (Å²) in [6, 6.07) is 6.38. The topological polar surface area (TPSA) is 39.2 Å². The summed E-state index contributed by atoms with van der Waals surface area (Å²) in [6.45, 7) is 0. The van der Waals surface area contributed by atoms with Crippen LogP contribution in [0.5, 0.6) is 0 Å². The average Bonchev–Trinajstić information content (AvgIpc) is 2.74. The van der Waals surface area contributed by atoms with Crippen molar-refractivity contribution in [3.8, 4) is 0 Å². The molecule has 2 aromatic rings. The van der Waals surface area contributed by atoms with Crippen LogP contribution >= 0.6 is 31.9 Å². The van der Waals surface area contributed by atoms with Crippen molar-refractivity contribution in [2.45, 2.75) is 12.2 Å². The van der Waals surface area contributed by atoms with Crippen LogP contribution < -0.4 is 5.73 Å². The zero-order valence-electron chi connectivity index (χ0n) is 9.34. The number of halogens is 5. The predicted octanol–water partition coefficient (Wildman–Crippen LogP) is 4.87. The maximum Gasteiger partial charge on any atom is 0.417 e. The molecule has 1 atom stereocenters. The molecule has 1 heterocycles. The normalized spacial score (nSPS) is 13.6. The maximum atomic E-state index is 12.8. The van der Waals surface area contributed by atoms with Gasteiger partial charge in [-0.2, -0.15) is 13.2 Å². The Morgan fingerprint density at radius 1 is 1.11 bits per heavy atom. The smallest absolute Gasteiger partial charge is 0.417 e. The van der Waals surface area contributed by atoms with Crippen LogP contribution in [0.3, 0.4) is 0 Å². The third-order valence-corrected chi connectivity index (χ3v) is 3.67. The van der Waals surface area contributed by atoms with E-state index in [1.165, 1.54) is 12.1 Å². The average molecular weight is 399 g/mol. The van der Waals surface area contributed by atoms with Crippen molar-refractivity contribution in [3.63, 3.8) is 0 Å². The first-order chi connectivity index (χ1) is 8.79. The Hall–Kier alpha value is -0.790. The molecule has 0 saturated heterocycles. The van der Waals surface area contributed by atoms with E-state index in [9.17, 15) is 13.2 Å². The summed E-state index contributed by atoms with van der Waals surface area (Å²) in [5.74, 6) is 0.391. The molecule has 0 spiro atoms. The van der Waals surface area contributed by atoms with Gasteiger partial charge in [0.15, 0.2) is 4.67 Å². The van der Waals surface area contributed by atoms with Crippen molar-refractivity contribution >= 4 is 31.9 Å². The van der Waals surface area contributed by atoms with Crippen molar-refractivity contribution < 1.29 is 17.6 Å². The SMILES string of the molecule is NC(c1ccc(Br)c(C(F)(F)F)c1)c1ccc(Br)o1. The van der Waals surface area contributed by atoms with Crippen LogP contribution in [0, 0.1) is 0 Å². The van der Waals surface area contributed by atoms with E-state index in [0.717, 1.165) is 6.07 Å². The molecule has 1 unspecified atom stereocenters. The molecule has 102 valence electrons. The highest BCUT2D eigenvalue weighted by Gasteiger charge is 2.33. The molecule has 2 N–H and O–H groups in total. The summed E-state index contributed by atoms with van der Waals surface area (Å²) in [5, 5.41) is 0. The van der Waals surface area contributed by atoms with Gasteiger partial charge in [0.2, 0.25) is 0 Å². The zero-order valence-corrected chi connectivity index (χ0v) is 12.5. The van der Waals surface area contributed by atoms with Crippen molar-refractivity contribution in [3.05, 3.63) is 56.4 Å². The van der Waals surface area contributed by atoms with Crippen molar-refractivity contribution in [1.82, 2.24) is 0 Å². The van der Waals surface area contributed by atoms with E-state index in [4.69, 9.17) is 10.2 Å². The third kappa shape index (κ3) is 3.21. The largest absolute Gasteiger partial charge is 0.452 e. The van der Waals surface area contributed by atoms with Crippen LogP contribution in [-0.4, -0.2) is 0 Å². The lowest BCUT2D eigenvalue weighted by atomic mass is 10.0. The van der Waals surface area contributed by atoms with Gasteiger partial charge in [-0.1, -0.05) is 22.0 Å². The summed E-state index contributed by atoms with van der Waals surface area (Å²) in [5.41, 5.74) is 5.47. The maximum absolute atomic E-state index is 12.8. The van der Waals surface area contributed by atoms with Gasteiger partial charge in [0, 0.05) is 4.47 Å². The van der Waals surface area contributed by atoms with Gasteiger partial charge >= 0.3 is 6.18 Å². The molecule has 0 fully saturated rings. The molecule has 19 heavy (non-hydrogen) atoms. The van der Waals surface area contributed by atoms with Gasteiger partial charge in [0.25, 0.3) is 0 Å². The first-order valence-electron chi connectivity index (χ1n) is 5.16. The first kappa shape index (κ1) is 14.6. The minimum Gasteiger partial charge on any atom is -0.452 e. The second-order valence-corrected chi connectivity index (χ2v) is 5.49. The molecule has 0 saturated carbocycles. The first-order valence-corrected chi connectivity index (χ1v) is 6.75. The lowest BCUT2D eigenvalue weighted by Gasteiger charge is -2.14. The van der Waals surface area contributed by atoms with E-state index in [0.29, 0.717) is 16.0 Å². The molecule has 2 nitrogen and oxygen atoms in total. The summed E-state index contributed by atoms with van der Waals surface area (Å²) in [7, 11) is 0. The fraction of sp³-hybridized carbons (Fsp3) is 0.167. The number of alkyl halides is 3. The highest BCUT2D eigenvalue weighted by Crippen LogP contribution is 2.37. The Labute approximate surface area is 124 Å². The quantitative estimate of drug-likeness (QED) is 0.783. The molecule has 7 heteroatoms. The van der Waals surface area contributed by atoms with Gasteiger partial charge < -0.3 is 10.2 Å². The molecule has 0 aliphatic heterocycles. The Morgan fingerprint density at radius 3 is 2.32 bits per heavy atom. The van der Waals surface area contributed by atoms with Gasteiger partial charge in [0.1, 0.15) is 5.76 Å². The molecule has 2 rings (SSSR count). The summed E-state index contributed by atoms with van der Waals surface area (Å²) in [6.07, 6.45) is -4.43. The van der Waals surface area contributed by atoms with Crippen LogP contribution in [-0.2, 0) is 6.18 Å². The summed E-state index contributed by atoms with van der Waals surface area (Å²) in [4.78, 5) is 0. The standard InChI is InChI=1S/C12H8Br2F3NO/c13-8-2-1-6(5-7(8)12(15,16)17)11(18)9-3-4-10(14)19-9/h1-5,11H,18H2. The second kappa shape index (κ2) is 5.30. The number of hydrogen-bond donors (Lipinski definition) is 1. The number of nitrogens with two attached hydrogens (primary N) is 1. The fourth-order valence-electron chi connectivity index (χ4n) is 1.61. The Bertz CT molecular complexity index is 595. The highest BCUT2D eigenvalue weighted by molar-refractivity contribution is 9.10. The number of furan rings is 1. The van der Waals surface area contributed by atoms with Gasteiger partial charge in [0.05, 0.1) is 11.6 Å². The van der Waals surface area contributed by atoms with Crippen molar-refractivity contribution in [2.75, 3.05) is 0 Å². The molecule has 0 bridgehead atoms. The number of benzene rings is 1. The molecule has 0 amide bonds. The van der Waals surface area contributed by atoms with Gasteiger partial charge in [-0.25, -0.2) is 0 Å². The van der Waals surface area contributed by atoms with Crippen LogP contribution in [0.2, 0.25) is 0 Å². The second-order valence-electron chi connectivity index (χ2n) is 3.86. The van der Waals surface area contributed by atoms with Gasteiger partial charge in [-0.05, 0) is 45.8 Å². The Balaban J connectivity index is 2.41. The monoisotopic (exact) mass is 397 g/mol. The Morgan fingerprint density at radius 2 is 1.79 bits per heavy atom. The van der Waals surface area contributed by atoms with E-state index in [-0.39, 0.29) is 4.47 Å². The lowest BCUT2D eigenvalue weighted by Crippen LogP contribution is -2.13. The Kier molecular flexibility index (Phi) is 4.08. The number of rotatable bonds is 2. The third-order valence-electron chi connectivity index (χ3n) is 2.56. The fourth-order valence-corrected chi connectivity index (χ4v) is 2.40. The van der Waals surface area contributed by atoms with Crippen LogP contribution in [0.1, 0.15) is 22.9 Å². The van der Waals surface area contributed by atoms with E-state index in [1.807, 2.05) is 0 Å². The zero-order chi connectivity index (χ0) is 14.2. The molecule has 0 aliphatic rings. The van der Waals surface area contributed by atoms with Crippen LogP contribution in [0.4, 0.5) is 13.2 Å². The highest BCUT2D eigenvalue weighted by atomic mass is 79.9. The predicted molar refractivity (Wildman–Crippen MR) is 71.6 cm³/mol. The molecule has 1 aromatic carbocycles. The molecular weight excluding hydrogens is 391 g/mol. The van der Waals surface area contributed by atoms with Gasteiger partial charge in [-0.15, -0.1) is 0 Å². The van der Waals surface area contributed by atoms with Crippen LogP contribution in [0.15, 0.2) is 43.9 Å². The van der Waals surface area contributed by atoms with Crippen molar-refractivity contribution in [1.29, 1.82) is 0 Å². The molecule has 0 aliphatic carbocycles. The van der Waals surface area contributed by atoms with Crippen molar-refractivity contribution in [2.24, 2.45) is 5.73 Å². The van der Waals surface area contributed by atoms with Crippen LogP contribution in [0.25, 0.3) is 0 Å². The van der Waals surface area contributed by atoms with Gasteiger partial charge in [-0.3, -0.25) is 0 Å². The summed E-state index contributed by atoms with van der Waals surface area (Å²) < 4.78 is 44.1. The molecular formula is C12H8Br2F3NO. The van der Waals surface area contributed by atoms with E-state index < -0.39 is 17.8 Å². The number of hydrogen-bond acceptors (Lipinski definition) is 2. The lowest BCUT2D eigenvalue weighted by molar-refractivity contribution is -0.138. The van der Waals surface area contributed by atoms with E-state index in [1.54, 1.807) is 12.1 Å². The minimum atomic E-state index is -4.43. The summed E-state index contributed by atoms with van der Waals surface area (Å²) >= 11 is 6.01. The van der Waals surface area contributed by atoms with E-state index >= 15 is 0 Å². The van der Waals surface area contributed by atoms with E-state index in [2.05, 4.69) is 31.9 Å².